The van der Waals surface area contributed by atoms with Crippen LogP contribution >= 0.6 is 0 Å². The van der Waals surface area contributed by atoms with E-state index in [-0.39, 0.29) is 0 Å². The van der Waals surface area contributed by atoms with Crippen molar-refractivity contribution in [3.63, 3.8) is 0 Å². The number of esters is 1. The van der Waals surface area contributed by atoms with E-state index in [9.17, 15) is 9.59 Å². The summed E-state index contributed by atoms with van der Waals surface area (Å²) in [4.78, 5) is 21.9. The van der Waals surface area contributed by atoms with Crippen molar-refractivity contribution in [1.82, 2.24) is 0 Å². The van der Waals surface area contributed by atoms with Crippen LogP contribution in [0.5, 0.6) is 0 Å². The van der Waals surface area contributed by atoms with Crippen molar-refractivity contribution in [2.45, 2.75) is 58.0 Å². The van der Waals surface area contributed by atoms with Gasteiger partial charge >= 0.3 is 11.9 Å². The van der Waals surface area contributed by atoms with E-state index in [0.717, 1.165) is 32.1 Å². The smallest absolute Gasteiger partial charge is 0.317 e. The third-order valence-electron chi connectivity index (χ3n) is 3.60. The van der Waals surface area contributed by atoms with Gasteiger partial charge in [0, 0.05) is 0 Å². The number of ether oxygens (including phenoxy) is 1. The topological polar surface area (TPSA) is 63.6 Å². The van der Waals surface area contributed by atoms with Crippen LogP contribution in [0.25, 0.3) is 0 Å². The summed E-state index contributed by atoms with van der Waals surface area (Å²) >= 11 is 0. The van der Waals surface area contributed by atoms with Gasteiger partial charge in [-0.2, -0.15) is 0 Å². The van der Waals surface area contributed by atoms with Gasteiger partial charge in [-0.15, -0.1) is 0 Å². The highest BCUT2D eigenvalue weighted by molar-refractivity contribution is 5.90. The third kappa shape index (κ3) is 2.74. The van der Waals surface area contributed by atoms with E-state index in [1.54, 1.807) is 0 Å². The summed E-state index contributed by atoms with van der Waals surface area (Å²) in [6.07, 6.45) is 4.23. The van der Waals surface area contributed by atoms with Crippen molar-refractivity contribution in [2.24, 2.45) is 5.92 Å². The van der Waals surface area contributed by atoms with Gasteiger partial charge in [-0.3, -0.25) is 9.59 Å². The van der Waals surface area contributed by atoms with Crippen LogP contribution in [0.1, 0.15) is 52.4 Å². The zero-order valence-corrected chi connectivity index (χ0v) is 9.99. The van der Waals surface area contributed by atoms with Gasteiger partial charge in [0.05, 0.1) is 0 Å². The van der Waals surface area contributed by atoms with Gasteiger partial charge in [0.1, 0.15) is 12.0 Å². The first-order valence-electron chi connectivity index (χ1n) is 5.97. The summed E-state index contributed by atoms with van der Waals surface area (Å²) in [5.74, 6) is -1.34. The lowest BCUT2D eigenvalue weighted by molar-refractivity contribution is -0.168. The molecule has 0 bridgehead atoms. The Hall–Kier alpha value is -1.06. The molecule has 0 aromatic rings. The van der Waals surface area contributed by atoms with Crippen LogP contribution in [0, 0.1) is 5.92 Å². The number of carbonyl (C=O) groups excluding carboxylic acids is 1. The van der Waals surface area contributed by atoms with Crippen LogP contribution in [0.15, 0.2) is 0 Å². The van der Waals surface area contributed by atoms with Crippen molar-refractivity contribution in [3.05, 3.63) is 0 Å². The van der Waals surface area contributed by atoms with E-state index >= 15 is 0 Å². The highest BCUT2D eigenvalue weighted by Gasteiger charge is 2.43. The molecule has 0 radical (unpaired) electrons. The van der Waals surface area contributed by atoms with Crippen molar-refractivity contribution in [3.8, 4) is 0 Å². The van der Waals surface area contributed by atoms with Gasteiger partial charge in [0.2, 0.25) is 0 Å². The first-order valence-corrected chi connectivity index (χ1v) is 5.97. The Bertz CT molecular complexity index is 274. The molecule has 0 spiro atoms. The number of hydrogen-bond acceptors (Lipinski definition) is 3. The van der Waals surface area contributed by atoms with Gasteiger partial charge in [-0.1, -0.05) is 13.8 Å². The molecule has 4 heteroatoms. The second-order valence-electron chi connectivity index (χ2n) is 4.46. The van der Waals surface area contributed by atoms with E-state index in [2.05, 4.69) is 6.92 Å². The number of aliphatic carboxylic acids is 1. The molecule has 2 unspecified atom stereocenters. The number of carbonyl (C=O) groups is 2. The standard InChI is InChI=1S/C12H20O4/c1-3-9-6-5-7-12(9,4-2)16-11(15)8-10(13)14/h9H,3-8H2,1-2H3,(H,13,14). The van der Waals surface area contributed by atoms with Gasteiger partial charge in [-0.25, -0.2) is 0 Å². The van der Waals surface area contributed by atoms with Crippen LogP contribution in [-0.4, -0.2) is 22.6 Å². The van der Waals surface area contributed by atoms with Crippen molar-refractivity contribution >= 4 is 11.9 Å². The minimum atomic E-state index is -1.12. The molecule has 0 saturated heterocycles. The van der Waals surface area contributed by atoms with Crippen LogP contribution in [0.3, 0.4) is 0 Å². The number of hydrogen-bond donors (Lipinski definition) is 1. The molecule has 92 valence electrons. The van der Waals surface area contributed by atoms with E-state index in [4.69, 9.17) is 9.84 Å². The Morgan fingerprint density at radius 2 is 2.12 bits per heavy atom. The number of carboxylic acid groups (broad SMARTS) is 1. The number of rotatable bonds is 5. The fourth-order valence-corrected chi connectivity index (χ4v) is 2.75. The highest BCUT2D eigenvalue weighted by Crippen LogP contribution is 2.43. The Balaban J connectivity index is 2.66. The first kappa shape index (κ1) is 13.0. The Kier molecular flexibility index (Phi) is 4.33. The summed E-state index contributed by atoms with van der Waals surface area (Å²) in [5, 5.41) is 8.54. The van der Waals surface area contributed by atoms with Crippen LogP contribution < -0.4 is 0 Å². The Labute approximate surface area is 96.0 Å². The molecule has 0 aromatic carbocycles. The largest absolute Gasteiger partial charge is 0.481 e. The van der Waals surface area contributed by atoms with E-state index in [1.807, 2.05) is 6.92 Å². The van der Waals surface area contributed by atoms with Crippen molar-refractivity contribution < 1.29 is 19.4 Å². The molecule has 1 aliphatic carbocycles. The third-order valence-corrected chi connectivity index (χ3v) is 3.60. The number of carboxylic acids is 1. The summed E-state index contributed by atoms with van der Waals surface area (Å²) in [5.41, 5.74) is -0.402. The lowest BCUT2D eigenvalue weighted by Gasteiger charge is -2.33. The van der Waals surface area contributed by atoms with Crippen LogP contribution in [-0.2, 0) is 14.3 Å². The normalized spacial score (nSPS) is 29.0. The lowest BCUT2D eigenvalue weighted by Crippen LogP contribution is -2.38. The maximum Gasteiger partial charge on any atom is 0.317 e. The molecule has 0 aromatic heterocycles. The molecule has 1 fully saturated rings. The fraction of sp³-hybridized carbons (Fsp3) is 0.833. The van der Waals surface area contributed by atoms with Gasteiger partial charge in [0.15, 0.2) is 0 Å². The molecule has 0 heterocycles. The molecule has 2 atom stereocenters. The van der Waals surface area contributed by atoms with E-state index < -0.39 is 24.0 Å². The molecule has 1 N–H and O–H groups in total. The van der Waals surface area contributed by atoms with E-state index in [1.165, 1.54) is 0 Å². The summed E-state index contributed by atoms with van der Waals surface area (Å²) < 4.78 is 5.44. The molecule has 1 rings (SSSR count). The zero-order chi connectivity index (χ0) is 12.2. The minimum absolute atomic E-state index is 0.384. The molecule has 0 aliphatic heterocycles. The Morgan fingerprint density at radius 1 is 1.44 bits per heavy atom. The monoisotopic (exact) mass is 228 g/mol. The summed E-state index contributed by atoms with van der Waals surface area (Å²) in [7, 11) is 0. The predicted octanol–water partition coefficient (Wildman–Crippen LogP) is 2.36. The molecule has 1 aliphatic rings. The molecule has 16 heavy (non-hydrogen) atoms. The van der Waals surface area contributed by atoms with Gasteiger partial charge in [-0.05, 0) is 38.0 Å². The van der Waals surface area contributed by atoms with E-state index in [0.29, 0.717) is 5.92 Å². The summed E-state index contributed by atoms with van der Waals surface area (Å²) in [6, 6.07) is 0. The van der Waals surface area contributed by atoms with Crippen molar-refractivity contribution in [2.75, 3.05) is 0 Å². The summed E-state index contributed by atoms with van der Waals surface area (Å²) in [6.45, 7) is 4.09. The quantitative estimate of drug-likeness (QED) is 0.579. The molecule has 4 nitrogen and oxygen atoms in total. The predicted molar refractivity (Wildman–Crippen MR) is 59.0 cm³/mol. The SMILES string of the molecule is CCC1CCCC1(CC)OC(=O)CC(=O)O. The average molecular weight is 228 g/mol. The molecule has 0 amide bonds. The average Bonchev–Trinajstić information content (AvgIpc) is 2.60. The zero-order valence-electron chi connectivity index (χ0n) is 9.99. The second kappa shape index (κ2) is 5.32. The second-order valence-corrected chi connectivity index (χ2v) is 4.46. The minimum Gasteiger partial charge on any atom is -0.481 e. The molecular weight excluding hydrogens is 208 g/mol. The maximum absolute atomic E-state index is 11.4. The molecule has 1 saturated carbocycles. The van der Waals surface area contributed by atoms with Gasteiger partial charge in [0.25, 0.3) is 0 Å². The fourth-order valence-electron chi connectivity index (χ4n) is 2.75. The first-order chi connectivity index (χ1) is 7.54. The van der Waals surface area contributed by atoms with Crippen LogP contribution in [0.2, 0.25) is 0 Å². The lowest BCUT2D eigenvalue weighted by atomic mass is 9.86. The van der Waals surface area contributed by atoms with Crippen molar-refractivity contribution in [1.29, 1.82) is 0 Å². The Morgan fingerprint density at radius 3 is 2.62 bits per heavy atom. The molecular formula is C12H20O4. The van der Waals surface area contributed by atoms with Crippen LogP contribution in [0.4, 0.5) is 0 Å². The highest BCUT2D eigenvalue weighted by atomic mass is 16.6. The maximum atomic E-state index is 11.4. The van der Waals surface area contributed by atoms with Gasteiger partial charge < -0.3 is 9.84 Å².